The van der Waals surface area contributed by atoms with E-state index >= 15 is 0 Å². The predicted octanol–water partition coefficient (Wildman–Crippen LogP) is 0.664. The van der Waals surface area contributed by atoms with Crippen LogP contribution in [0.2, 0.25) is 0 Å². The second kappa shape index (κ2) is 5.61. The summed E-state index contributed by atoms with van der Waals surface area (Å²) in [5, 5.41) is 11.6. The molecule has 2 N–H and O–H groups in total. The Morgan fingerprint density at radius 2 is 2.05 bits per heavy atom. The average molecular weight is 293 g/mol. The van der Waals surface area contributed by atoms with Gasteiger partial charge >= 0.3 is 5.97 Å². The van der Waals surface area contributed by atoms with Crippen LogP contribution in [0.3, 0.4) is 0 Å². The Balaban J connectivity index is 1.57. The number of rotatable bonds is 4. The summed E-state index contributed by atoms with van der Waals surface area (Å²) in [7, 11) is 0. The molecule has 1 saturated heterocycles. The Bertz CT molecular complexity index is 573. The second-order valence-corrected chi connectivity index (χ2v) is 4.90. The van der Waals surface area contributed by atoms with E-state index in [0.29, 0.717) is 24.3 Å². The fourth-order valence-electron chi connectivity index (χ4n) is 2.44. The first kappa shape index (κ1) is 13.7. The summed E-state index contributed by atoms with van der Waals surface area (Å²) in [6.07, 6.45) is -0.834. The van der Waals surface area contributed by atoms with Gasteiger partial charge < -0.3 is 24.6 Å². The van der Waals surface area contributed by atoms with Crippen molar-refractivity contribution in [3.05, 3.63) is 23.8 Å². The summed E-state index contributed by atoms with van der Waals surface area (Å²) in [6, 6.07) is 5.45. The number of carbonyl (C=O) groups is 2. The molecule has 2 heterocycles. The van der Waals surface area contributed by atoms with Gasteiger partial charge in [-0.25, -0.2) is 4.79 Å². The topological polar surface area (TPSA) is 94.1 Å². The third-order valence-corrected chi connectivity index (χ3v) is 3.52. The molecule has 1 amide bonds. The molecule has 0 radical (unpaired) electrons. The number of carbonyl (C=O) groups excluding carboxylic acids is 1. The van der Waals surface area contributed by atoms with Crippen LogP contribution in [0.4, 0.5) is 0 Å². The van der Waals surface area contributed by atoms with Crippen molar-refractivity contribution < 1.29 is 28.9 Å². The fraction of sp³-hybridized carbons (Fsp3) is 0.429. The van der Waals surface area contributed by atoms with Gasteiger partial charge in [0.05, 0.1) is 0 Å². The largest absolute Gasteiger partial charge is 0.479 e. The van der Waals surface area contributed by atoms with E-state index in [-0.39, 0.29) is 19.2 Å². The molecule has 21 heavy (non-hydrogen) atoms. The molecule has 2 atom stereocenters. The number of aliphatic carboxylic acids is 1. The first-order valence-corrected chi connectivity index (χ1v) is 6.68. The van der Waals surface area contributed by atoms with E-state index in [1.807, 2.05) is 12.1 Å². The molecule has 1 aromatic carbocycles. The van der Waals surface area contributed by atoms with Crippen molar-refractivity contribution >= 4 is 11.9 Å². The molecule has 112 valence electrons. The van der Waals surface area contributed by atoms with Crippen molar-refractivity contribution in [1.29, 1.82) is 0 Å². The smallest absolute Gasteiger partial charge is 0.332 e. The van der Waals surface area contributed by atoms with Crippen molar-refractivity contribution in [2.45, 2.75) is 31.6 Å². The molecule has 0 spiro atoms. The van der Waals surface area contributed by atoms with Crippen molar-refractivity contribution in [1.82, 2.24) is 5.32 Å². The number of benzene rings is 1. The van der Waals surface area contributed by atoms with Gasteiger partial charge in [-0.2, -0.15) is 0 Å². The summed E-state index contributed by atoms with van der Waals surface area (Å²) in [5.74, 6) is -0.0506. The summed E-state index contributed by atoms with van der Waals surface area (Å²) in [5.41, 5.74) is 0.811. The Morgan fingerprint density at radius 3 is 2.81 bits per heavy atom. The van der Waals surface area contributed by atoms with Crippen molar-refractivity contribution in [2.24, 2.45) is 0 Å². The summed E-state index contributed by atoms with van der Waals surface area (Å²) >= 11 is 0. The van der Waals surface area contributed by atoms with Crippen LogP contribution in [0.15, 0.2) is 18.2 Å². The lowest BCUT2D eigenvalue weighted by atomic mass is 10.1. The van der Waals surface area contributed by atoms with Crippen molar-refractivity contribution in [3.63, 3.8) is 0 Å². The zero-order valence-electron chi connectivity index (χ0n) is 11.2. The van der Waals surface area contributed by atoms with Crippen molar-refractivity contribution in [2.75, 3.05) is 6.79 Å². The molecule has 0 aromatic heterocycles. The van der Waals surface area contributed by atoms with Crippen LogP contribution in [0.5, 0.6) is 11.5 Å². The fourth-order valence-corrected chi connectivity index (χ4v) is 2.44. The third-order valence-electron chi connectivity index (χ3n) is 3.52. The van der Waals surface area contributed by atoms with Gasteiger partial charge in [-0.15, -0.1) is 0 Å². The molecule has 0 bridgehead atoms. The summed E-state index contributed by atoms with van der Waals surface area (Å²) in [4.78, 5) is 22.8. The number of fused-ring (bicyclic) bond motifs is 1. The minimum absolute atomic E-state index is 0.173. The lowest BCUT2D eigenvalue weighted by Gasteiger charge is -2.12. The molecule has 2 unspecified atom stereocenters. The molecule has 3 rings (SSSR count). The van der Waals surface area contributed by atoms with E-state index in [9.17, 15) is 9.59 Å². The minimum Gasteiger partial charge on any atom is -0.479 e. The lowest BCUT2D eigenvalue weighted by molar-refractivity contribution is -0.151. The highest BCUT2D eigenvalue weighted by Crippen LogP contribution is 2.35. The number of ether oxygens (including phenoxy) is 3. The number of amides is 1. The number of para-hydroxylation sites is 1. The maximum atomic E-state index is 12.0. The monoisotopic (exact) mass is 293 g/mol. The number of nitrogens with one attached hydrogen (secondary N) is 1. The van der Waals surface area contributed by atoms with Gasteiger partial charge in [0.2, 0.25) is 12.7 Å². The number of hydrogen-bond acceptors (Lipinski definition) is 5. The molecule has 2 aliphatic rings. The lowest BCUT2D eigenvalue weighted by Crippen LogP contribution is -2.35. The molecular formula is C14H15NO6. The van der Waals surface area contributed by atoms with Gasteiger partial charge in [0.25, 0.3) is 0 Å². The Labute approximate surface area is 120 Å². The quantitative estimate of drug-likeness (QED) is 0.847. The van der Waals surface area contributed by atoms with Gasteiger partial charge in [0, 0.05) is 12.1 Å². The van der Waals surface area contributed by atoms with E-state index in [2.05, 4.69) is 5.32 Å². The van der Waals surface area contributed by atoms with E-state index in [0.717, 1.165) is 5.56 Å². The zero-order chi connectivity index (χ0) is 14.8. The highest BCUT2D eigenvalue weighted by Gasteiger charge is 2.34. The Kier molecular flexibility index (Phi) is 3.66. The van der Waals surface area contributed by atoms with E-state index in [1.54, 1.807) is 6.07 Å². The number of carboxylic acid groups (broad SMARTS) is 1. The van der Waals surface area contributed by atoms with Crippen LogP contribution in [-0.2, 0) is 20.9 Å². The summed E-state index contributed by atoms with van der Waals surface area (Å²) < 4.78 is 15.8. The summed E-state index contributed by atoms with van der Waals surface area (Å²) in [6.45, 7) is 0.454. The predicted molar refractivity (Wildman–Crippen MR) is 69.9 cm³/mol. The molecule has 0 aliphatic carbocycles. The molecule has 2 aliphatic heterocycles. The van der Waals surface area contributed by atoms with Crippen LogP contribution < -0.4 is 14.8 Å². The van der Waals surface area contributed by atoms with Gasteiger partial charge in [-0.1, -0.05) is 12.1 Å². The zero-order valence-corrected chi connectivity index (χ0v) is 11.2. The third kappa shape index (κ3) is 2.78. The molecule has 7 nitrogen and oxygen atoms in total. The van der Waals surface area contributed by atoms with Gasteiger partial charge in [0.1, 0.15) is 6.10 Å². The molecule has 1 aromatic rings. The maximum Gasteiger partial charge on any atom is 0.332 e. The second-order valence-electron chi connectivity index (χ2n) is 4.90. The van der Waals surface area contributed by atoms with Crippen LogP contribution in [-0.4, -0.2) is 36.0 Å². The number of hydrogen-bond donors (Lipinski definition) is 2. The van der Waals surface area contributed by atoms with E-state index in [4.69, 9.17) is 19.3 Å². The molecule has 7 heteroatoms. The first-order valence-electron chi connectivity index (χ1n) is 6.68. The van der Waals surface area contributed by atoms with Crippen LogP contribution >= 0.6 is 0 Å². The SMILES string of the molecule is O=C(O)C1CCC(C(=O)NCc2cccc3c2OCO3)O1. The highest BCUT2D eigenvalue weighted by molar-refractivity contribution is 5.82. The Hall–Kier alpha value is -2.28. The van der Waals surface area contributed by atoms with Crippen molar-refractivity contribution in [3.8, 4) is 11.5 Å². The standard InChI is InChI=1S/C14H15NO6/c16-13(10-4-5-11(21-10)14(17)18)15-6-8-2-1-3-9-12(8)20-7-19-9/h1-3,10-11H,4-7H2,(H,15,16)(H,17,18). The Morgan fingerprint density at radius 1 is 1.24 bits per heavy atom. The maximum absolute atomic E-state index is 12.0. The average Bonchev–Trinajstić information content (AvgIpc) is 3.13. The van der Waals surface area contributed by atoms with Gasteiger partial charge in [0.15, 0.2) is 17.6 Å². The molecular weight excluding hydrogens is 278 g/mol. The van der Waals surface area contributed by atoms with Gasteiger partial charge in [-0.05, 0) is 18.9 Å². The highest BCUT2D eigenvalue weighted by atomic mass is 16.7. The normalized spacial score (nSPS) is 23.0. The van der Waals surface area contributed by atoms with Crippen LogP contribution in [0.25, 0.3) is 0 Å². The number of carboxylic acids is 1. The van der Waals surface area contributed by atoms with Crippen LogP contribution in [0.1, 0.15) is 18.4 Å². The van der Waals surface area contributed by atoms with E-state index < -0.39 is 18.2 Å². The van der Waals surface area contributed by atoms with Crippen LogP contribution in [0, 0.1) is 0 Å². The minimum atomic E-state index is -1.03. The molecule has 0 saturated carbocycles. The van der Waals surface area contributed by atoms with E-state index in [1.165, 1.54) is 0 Å². The van der Waals surface area contributed by atoms with Gasteiger partial charge in [-0.3, -0.25) is 4.79 Å². The first-order chi connectivity index (χ1) is 10.1. The molecule has 1 fully saturated rings.